The zero-order valence-corrected chi connectivity index (χ0v) is 10.4. The average Bonchev–Trinajstić information content (AvgIpc) is 2.58. The second kappa shape index (κ2) is 5.05. The van der Waals surface area contributed by atoms with E-state index in [-0.39, 0.29) is 0 Å². The Morgan fingerprint density at radius 2 is 2.27 bits per heavy atom. The summed E-state index contributed by atoms with van der Waals surface area (Å²) in [5.41, 5.74) is 0. The van der Waals surface area contributed by atoms with Crippen molar-refractivity contribution in [1.29, 1.82) is 5.26 Å². The van der Waals surface area contributed by atoms with E-state index in [1.807, 2.05) is 6.07 Å². The standard InChI is InChI=1S/C9H16N4OSi/c1-15(2,3)5-4-14-8-13-9(6-10)11-7-12-13/h7H,4-5,8H2,1-3H3. The Morgan fingerprint density at radius 3 is 2.87 bits per heavy atom. The summed E-state index contributed by atoms with van der Waals surface area (Å²) in [6, 6.07) is 3.07. The molecule has 0 spiro atoms. The highest BCUT2D eigenvalue weighted by Gasteiger charge is 2.12. The normalized spacial score (nSPS) is 11.3. The van der Waals surface area contributed by atoms with Gasteiger partial charge >= 0.3 is 0 Å². The third kappa shape index (κ3) is 4.23. The molecule has 0 N–H and O–H groups in total. The van der Waals surface area contributed by atoms with Gasteiger partial charge in [0.15, 0.2) is 0 Å². The second-order valence-corrected chi connectivity index (χ2v) is 10.2. The van der Waals surface area contributed by atoms with Crippen LogP contribution in [0.2, 0.25) is 25.7 Å². The van der Waals surface area contributed by atoms with Gasteiger partial charge in [0.2, 0.25) is 5.82 Å². The van der Waals surface area contributed by atoms with Crippen LogP contribution in [0.15, 0.2) is 6.33 Å². The highest BCUT2D eigenvalue weighted by Crippen LogP contribution is 2.07. The van der Waals surface area contributed by atoms with Crippen LogP contribution in [0, 0.1) is 11.3 Å². The molecule has 0 atom stereocenters. The largest absolute Gasteiger partial charge is 0.359 e. The molecule has 6 heteroatoms. The molecule has 0 aliphatic carbocycles. The van der Waals surface area contributed by atoms with Gasteiger partial charge in [-0.2, -0.15) is 10.4 Å². The van der Waals surface area contributed by atoms with Gasteiger partial charge in [0.05, 0.1) is 0 Å². The molecule has 1 heterocycles. The number of nitriles is 1. The van der Waals surface area contributed by atoms with Crippen molar-refractivity contribution in [2.24, 2.45) is 0 Å². The van der Waals surface area contributed by atoms with E-state index in [0.29, 0.717) is 12.6 Å². The van der Waals surface area contributed by atoms with Crippen molar-refractivity contribution < 1.29 is 4.74 Å². The van der Waals surface area contributed by atoms with Crippen molar-refractivity contribution in [1.82, 2.24) is 14.8 Å². The van der Waals surface area contributed by atoms with Crippen molar-refractivity contribution in [3.8, 4) is 6.07 Å². The molecule has 0 saturated carbocycles. The molecule has 0 saturated heterocycles. The minimum Gasteiger partial charge on any atom is -0.359 e. The summed E-state index contributed by atoms with van der Waals surface area (Å²) < 4.78 is 6.90. The minimum atomic E-state index is -1.04. The summed E-state index contributed by atoms with van der Waals surface area (Å²) in [7, 11) is -1.04. The molecule has 0 unspecified atom stereocenters. The molecule has 0 aliphatic heterocycles. The van der Waals surface area contributed by atoms with E-state index < -0.39 is 8.07 Å². The molecule has 5 nitrogen and oxygen atoms in total. The fourth-order valence-corrected chi connectivity index (χ4v) is 1.73. The first-order valence-corrected chi connectivity index (χ1v) is 8.59. The highest BCUT2D eigenvalue weighted by molar-refractivity contribution is 6.76. The highest BCUT2D eigenvalue weighted by atomic mass is 28.3. The Labute approximate surface area is 90.7 Å². The van der Waals surface area contributed by atoms with E-state index in [0.717, 1.165) is 12.7 Å². The van der Waals surface area contributed by atoms with Crippen molar-refractivity contribution in [3.63, 3.8) is 0 Å². The molecule has 0 aliphatic rings. The molecule has 15 heavy (non-hydrogen) atoms. The van der Waals surface area contributed by atoms with E-state index in [1.54, 1.807) is 0 Å². The van der Waals surface area contributed by atoms with Gasteiger partial charge < -0.3 is 4.74 Å². The third-order valence-corrected chi connectivity index (χ3v) is 3.63. The molecule has 0 radical (unpaired) electrons. The monoisotopic (exact) mass is 224 g/mol. The maximum atomic E-state index is 8.67. The Bertz CT molecular complexity index is 350. The first-order valence-electron chi connectivity index (χ1n) is 4.88. The van der Waals surface area contributed by atoms with Crippen molar-refractivity contribution in [2.75, 3.05) is 6.61 Å². The Balaban J connectivity index is 2.30. The van der Waals surface area contributed by atoms with Crippen LogP contribution in [0.3, 0.4) is 0 Å². The van der Waals surface area contributed by atoms with Crippen LogP contribution < -0.4 is 0 Å². The SMILES string of the molecule is C[Si](C)(C)CCOCn1ncnc1C#N. The van der Waals surface area contributed by atoms with Gasteiger partial charge in [-0.05, 0) is 6.04 Å². The number of ether oxygens (including phenoxy) is 1. The van der Waals surface area contributed by atoms with Crippen LogP contribution >= 0.6 is 0 Å². The number of rotatable bonds is 5. The van der Waals surface area contributed by atoms with Crippen molar-refractivity contribution in [2.45, 2.75) is 32.4 Å². The molecular formula is C9H16N4OSi. The summed E-state index contributed by atoms with van der Waals surface area (Å²) in [5, 5.41) is 12.6. The van der Waals surface area contributed by atoms with Crippen LogP contribution in [-0.4, -0.2) is 29.4 Å². The lowest BCUT2D eigenvalue weighted by Crippen LogP contribution is -2.22. The average molecular weight is 224 g/mol. The summed E-state index contributed by atoms with van der Waals surface area (Å²) in [6.45, 7) is 7.93. The van der Waals surface area contributed by atoms with Gasteiger partial charge in [-0.3, -0.25) is 0 Å². The predicted molar refractivity (Wildman–Crippen MR) is 58.8 cm³/mol. The third-order valence-electron chi connectivity index (χ3n) is 1.93. The lowest BCUT2D eigenvalue weighted by atomic mass is 10.7. The molecule has 0 bridgehead atoms. The summed E-state index contributed by atoms with van der Waals surface area (Å²) in [6.07, 6.45) is 1.36. The fraction of sp³-hybridized carbons (Fsp3) is 0.667. The molecule has 1 aromatic heterocycles. The summed E-state index contributed by atoms with van der Waals surface area (Å²) >= 11 is 0. The van der Waals surface area contributed by atoms with Crippen molar-refractivity contribution in [3.05, 3.63) is 12.2 Å². The number of hydrogen-bond acceptors (Lipinski definition) is 4. The number of aromatic nitrogens is 3. The van der Waals surface area contributed by atoms with Gasteiger partial charge in [0, 0.05) is 14.7 Å². The Kier molecular flexibility index (Phi) is 4.00. The topological polar surface area (TPSA) is 63.7 Å². The van der Waals surface area contributed by atoms with Crippen LogP contribution in [0.1, 0.15) is 5.82 Å². The van der Waals surface area contributed by atoms with Gasteiger partial charge in [-0.1, -0.05) is 19.6 Å². The zero-order valence-electron chi connectivity index (χ0n) is 9.40. The molecule has 1 rings (SSSR count). The fourth-order valence-electron chi connectivity index (χ4n) is 0.975. The lowest BCUT2D eigenvalue weighted by Gasteiger charge is -2.15. The zero-order chi connectivity index (χ0) is 11.3. The van der Waals surface area contributed by atoms with Crippen LogP contribution in [-0.2, 0) is 11.5 Å². The van der Waals surface area contributed by atoms with Crippen molar-refractivity contribution >= 4 is 8.07 Å². The lowest BCUT2D eigenvalue weighted by molar-refractivity contribution is 0.0777. The van der Waals surface area contributed by atoms with Gasteiger partial charge in [-0.15, -0.1) is 0 Å². The number of nitrogens with zero attached hydrogens (tertiary/aromatic N) is 4. The van der Waals surface area contributed by atoms with E-state index >= 15 is 0 Å². The van der Waals surface area contributed by atoms with E-state index in [4.69, 9.17) is 10.00 Å². The van der Waals surface area contributed by atoms with Gasteiger partial charge in [-0.25, -0.2) is 9.67 Å². The minimum absolute atomic E-state index is 0.294. The molecular weight excluding hydrogens is 208 g/mol. The predicted octanol–water partition coefficient (Wildman–Crippen LogP) is 1.46. The number of hydrogen-bond donors (Lipinski definition) is 0. The summed E-state index contributed by atoms with van der Waals surface area (Å²) in [4.78, 5) is 3.78. The second-order valence-electron chi connectivity index (χ2n) is 4.54. The Morgan fingerprint density at radius 1 is 1.53 bits per heavy atom. The Hall–Kier alpha value is -1.19. The maximum Gasteiger partial charge on any atom is 0.232 e. The maximum absolute atomic E-state index is 8.67. The molecule has 0 aromatic carbocycles. The molecule has 1 aromatic rings. The molecule has 0 amide bonds. The van der Waals surface area contributed by atoms with Gasteiger partial charge in [0.25, 0.3) is 0 Å². The smallest absolute Gasteiger partial charge is 0.232 e. The first kappa shape index (κ1) is 11.9. The van der Waals surface area contributed by atoms with Gasteiger partial charge in [0.1, 0.15) is 19.1 Å². The molecule has 0 fully saturated rings. The van der Waals surface area contributed by atoms with Crippen LogP contribution in [0.5, 0.6) is 0 Å². The van der Waals surface area contributed by atoms with E-state index in [2.05, 4.69) is 29.7 Å². The summed E-state index contributed by atoms with van der Waals surface area (Å²) in [5.74, 6) is 0.294. The van der Waals surface area contributed by atoms with Crippen LogP contribution in [0.4, 0.5) is 0 Å². The van der Waals surface area contributed by atoms with E-state index in [1.165, 1.54) is 11.0 Å². The van der Waals surface area contributed by atoms with Crippen LogP contribution in [0.25, 0.3) is 0 Å². The van der Waals surface area contributed by atoms with E-state index in [9.17, 15) is 0 Å². The quantitative estimate of drug-likeness (QED) is 0.561. The first-order chi connectivity index (χ1) is 7.03. The molecule has 82 valence electrons.